The molecule has 0 saturated carbocycles. The highest BCUT2D eigenvalue weighted by atomic mass is 16.5. The lowest BCUT2D eigenvalue weighted by Crippen LogP contribution is -2.58. The zero-order valence-corrected chi connectivity index (χ0v) is 17.6. The number of nitrogens with zero attached hydrogens (tertiary/aromatic N) is 1. The molecule has 2 atom stereocenters. The number of carbonyl (C=O) groups is 3. The number of hydrogen-bond acceptors (Lipinski definition) is 4. The maximum atomic E-state index is 12.5. The predicted octanol–water partition coefficient (Wildman–Crippen LogP) is 3.09. The third-order valence-electron chi connectivity index (χ3n) is 6.37. The van der Waals surface area contributed by atoms with Crippen molar-refractivity contribution >= 4 is 18.0 Å². The van der Waals surface area contributed by atoms with Gasteiger partial charge in [-0.1, -0.05) is 55.5 Å². The minimum atomic E-state index is -0.859. The highest BCUT2D eigenvalue weighted by Crippen LogP contribution is 2.44. The molecule has 1 aliphatic heterocycles. The fraction of sp³-hybridized carbons (Fsp3) is 0.375. The van der Waals surface area contributed by atoms with Gasteiger partial charge in [0.05, 0.1) is 5.92 Å². The molecule has 1 aliphatic carbocycles. The maximum absolute atomic E-state index is 12.5. The highest BCUT2D eigenvalue weighted by molar-refractivity contribution is 5.86. The minimum absolute atomic E-state index is 0.0437. The number of hydrogen-bond donors (Lipinski definition) is 2. The Labute approximate surface area is 181 Å². The minimum Gasteiger partial charge on any atom is -0.481 e. The van der Waals surface area contributed by atoms with Crippen LogP contribution in [0.15, 0.2) is 48.5 Å². The summed E-state index contributed by atoms with van der Waals surface area (Å²) in [6, 6.07) is 15.4. The smallest absolute Gasteiger partial charge is 0.407 e. The van der Waals surface area contributed by atoms with Crippen molar-refractivity contribution in [3.63, 3.8) is 0 Å². The summed E-state index contributed by atoms with van der Waals surface area (Å²) in [5.41, 5.74) is 4.55. The van der Waals surface area contributed by atoms with Gasteiger partial charge in [0.25, 0.3) is 0 Å². The molecule has 2 amide bonds. The molecule has 0 spiro atoms. The van der Waals surface area contributed by atoms with Crippen LogP contribution in [0.25, 0.3) is 11.1 Å². The summed E-state index contributed by atoms with van der Waals surface area (Å²) in [5.74, 6) is -1.68. The molecule has 7 heteroatoms. The van der Waals surface area contributed by atoms with Gasteiger partial charge in [0.15, 0.2) is 0 Å². The van der Waals surface area contributed by atoms with Gasteiger partial charge in [-0.15, -0.1) is 0 Å². The summed E-state index contributed by atoms with van der Waals surface area (Å²) >= 11 is 0. The number of aliphatic carboxylic acids is 1. The SMILES string of the molecule is CC(NC(=O)OCC1c2ccccc2-c2ccccc21)C(=O)N1CC(C(C)C(=O)O)C1. The van der Waals surface area contributed by atoms with Gasteiger partial charge in [0, 0.05) is 24.9 Å². The third-order valence-corrected chi connectivity index (χ3v) is 6.37. The van der Waals surface area contributed by atoms with Crippen LogP contribution in [0.2, 0.25) is 0 Å². The molecule has 1 saturated heterocycles. The first kappa shape index (κ1) is 20.9. The van der Waals surface area contributed by atoms with Gasteiger partial charge >= 0.3 is 12.1 Å². The van der Waals surface area contributed by atoms with Crippen molar-refractivity contribution in [3.8, 4) is 11.1 Å². The first-order valence-electron chi connectivity index (χ1n) is 10.5. The van der Waals surface area contributed by atoms with E-state index in [-0.39, 0.29) is 24.3 Å². The quantitative estimate of drug-likeness (QED) is 0.746. The van der Waals surface area contributed by atoms with Crippen LogP contribution in [0.3, 0.4) is 0 Å². The number of amides is 2. The third kappa shape index (κ3) is 4.00. The molecule has 4 rings (SSSR count). The number of benzene rings is 2. The topological polar surface area (TPSA) is 95.9 Å². The molecule has 2 N–H and O–H groups in total. The van der Waals surface area contributed by atoms with Crippen molar-refractivity contribution in [2.24, 2.45) is 11.8 Å². The highest BCUT2D eigenvalue weighted by Gasteiger charge is 2.39. The largest absolute Gasteiger partial charge is 0.481 e. The molecule has 31 heavy (non-hydrogen) atoms. The average molecular weight is 422 g/mol. The summed E-state index contributed by atoms with van der Waals surface area (Å²) in [6.07, 6.45) is -0.640. The maximum Gasteiger partial charge on any atom is 0.407 e. The van der Waals surface area contributed by atoms with Gasteiger partial charge in [-0.2, -0.15) is 0 Å². The van der Waals surface area contributed by atoms with E-state index in [0.717, 1.165) is 22.3 Å². The Hall–Kier alpha value is -3.35. The molecule has 0 radical (unpaired) electrons. The molecule has 2 aromatic rings. The number of ether oxygens (including phenoxy) is 1. The van der Waals surface area contributed by atoms with Gasteiger partial charge in [-0.25, -0.2) is 4.79 Å². The van der Waals surface area contributed by atoms with E-state index in [1.165, 1.54) is 0 Å². The molecule has 7 nitrogen and oxygen atoms in total. The van der Waals surface area contributed by atoms with Gasteiger partial charge < -0.3 is 20.1 Å². The zero-order valence-electron chi connectivity index (χ0n) is 17.6. The Morgan fingerprint density at radius 3 is 2.13 bits per heavy atom. The Morgan fingerprint density at radius 1 is 1.03 bits per heavy atom. The summed E-state index contributed by atoms with van der Waals surface area (Å²) in [7, 11) is 0. The summed E-state index contributed by atoms with van der Waals surface area (Å²) in [6.45, 7) is 4.22. The zero-order chi connectivity index (χ0) is 22.1. The van der Waals surface area contributed by atoms with Crippen LogP contribution < -0.4 is 5.32 Å². The van der Waals surface area contributed by atoms with E-state index >= 15 is 0 Å². The van der Waals surface area contributed by atoms with Crippen molar-refractivity contribution in [1.29, 1.82) is 0 Å². The van der Waals surface area contributed by atoms with E-state index in [0.29, 0.717) is 13.1 Å². The number of alkyl carbamates (subject to hydrolysis) is 1. The predicted molar refractivity (Wildman–Crippen MR) is 115 cm³/mol. The van der Waals surface area contributed by atoms with Crippen LogP contribution in [0.4, 0.5) is 4.79 Å². The number of carboxylic acids is 1. The van der Waals surface area contributed by atoms with E-state index in [1.807, 2.05) is 36.4 Å². The Balaban J connectivity index is 1.31. The molecule has 162 valence electrons. The number of rotatable bonds is 6. The number of nitrogens with one attached hydrogen (secondary N) is 1. The lowest BCUT2D eigenvalue weighted by atomic mass is 9.87. The summed E-state index contributed by atoms with van der Waals surface area (Å²) in [4.78, 5) is 37.5. The number of carbonyl (C=O) groups excluding carboxylic acids is 2. The van der Waals surface area contributed by atoms with Crippen LogP contribution >= 0.6 is 0 Å². The Kier molecular flexibility index (Phi) is 5.67. The van der Waals surface area contributed by atoms with E-state index in [9.17, 15) is 14.4 Å². The van der Waals surface area contributed by atoms with E-state index < -0.39 is 24.0 Å². The van der Waals surface area contributed by atoms with E-state index in [2.05, 4.69) is 17.4 Å². The molecule has 2 aromatic carbocycles. The number of likely N-dealkylation sites (tertiary alicyclic amines) is 1. The fourth-order valence-corrected chi connectivity index (χ4v) is 4.36. The van der Waals surface area contributed by atoms with Gasteiger partial charge in [-0.05, 0) is 29.2 Å². The van der Waals surface area contributed by atoms with Crippen molar-refractivity contribution in [2.75, 3.05) is 19.7 Å². The molecule has 1 fully saturated rings. The summed E-state index contributed by atoms with van der Waals surface area (Å²) in [5, 5.41) is 11.7. The lowest BCUT2D eigenvalue weighted by molar-refractivity contribution is -0.151. The first-order chi connectivity index (χ1) is 14.9. The molecule has 2 unspecified atom stereocenters. The molecular formula is C24H26N2O5. The molecular weight excluding hydrogens is 396 g/mol. The van der Waals surface area contributed by atoms with E-state index in [1.54, 1.807) is 18.7 Å². The van der Waals surface area contributed by atoms with Crippen LogP contribution in [0, 0.1) is 11.8 Å². The van der Waals surface area contributed by atoms with Crippen LogP contribution in [-0.2, 0) is 14.3 Å². The van der Waals surface area contributed by atoms with Crippen molar-refractivity contribution in [2.45, 2.75) is 25.8 Å². The van der Waals surface area contributed by atoms with Gasteiger partial charge in [0.2, 0.25) is 5.91 Å². The normalized spacial score (nSPS) is 17.2. The molecule has 0 bridgehead atoms. The molecule has 0 aromatic heterocycles. The number of carboxylic acid groups (broad SMARTS) is 1. The second-order valence-electron chi connectivity index (χ2n) is 8.32. The van der Waals surface area contributed by atoms with Crippen molar-refractivity contribution in [1.82, 2.24) is 10.2 Å². The second-order valence-corrected chi connectivity index (χ2v) is 8.32. The van der Waals surface area contributed by atoms with Gasteiger partial charge in [-0.3, -0.25) is 9.59 Å². The standard InChI is InChI=1S/C24H26N2O5/c1-14(23(28)29)16-11-26(12-16)22(27)15(2)25-24(30)31-13-21-19-9-5-3-7-17(19)18-8-4-6-10-20(18)21/h3-10,14-16,21H,11-13H2,1-2H3,(H,25,30)(H,28,29). The second kappa shape index (κ2) is 8.41. The van der Waals surface area contributed by atoms with Crippen molar-refractivity contribution < 1.29 is 24.2 Å². The lowest BCUT2D eigenvalue weighted by Gasteiger charge is -2.42. The fourth-order valence-electron chi connectivity index (χ4n) is 4.36. The first-order valence-corrected chi connectivity index (χ1v) is 10.5. The molecule has 1 heterocycles. The van der Waals surface area contributed by atoms with Crippen molar-refractivity contribution in [3.05, 3.63) is 59.7 Å². The summed E-state index contributed by atoms with van der Waals surface area (Å²) < 4.78 is 5.48. The Morgan fingerprint density at radius 2 is 1.58 bits per heavy atom. The van der Waals surface area contributed by atoms with Gasteiger partial charge in [0.1, 0.15) is 12.6 Å². The Bertz CT molecular complexity index is 969. The van der Waals surface area contributed by atoms with Crippen LogP contribution in [-0.4, -0.2) is 53.7 Å². The van der Waals surface area contributed by atoms with Crippen LogP contribution in [0.5, 0.6) is 0 Å². The molecule has 2 aliphatic rings. The monoisotopic (exact) mass is 422 g/mol. The average Bonchev–Trinajstić information content (AvgIpc) is 3.04. The number of fused-ring (bicyclic) bond motifs is 3. The van der Waals surface area contributed by atoms with E-state index in [4.69, 9.17) is 9.84 Å². The van der Waals surface area contributed by atoms with Crippen LogP contribution in [0.1, 0.15) is 30.9 Å².